The van der Waals surface area contributed by atoms with E-state index >= 15 is 0 Å². The molecule has 0 aromatic heterocycles. The molecule has 1 amide bonds. The fraction of sp³-hybridized carbons (Fsp3) is 0.833. The van der Waals surface area contributed by atoms with Crippen LogP contribution in [0.4, 0.5) is 0 Å². The minimum Gasteiger partial charge on any atom is -0.348 e. The van der Waals surface area contributed by atoms with E-state index in [1.165, 1.54) is 19.0 Å². The number of carbonyl (C=O) groups is 1. The van der Waals surface area contributed by atoms with E-state index in [1.807, 2.05) is 13.8 Å². The highest BCUT2D eigenvalue weighted by Crippen LogP contribution is 2.21. The standard InChI is InChI=1S/C12H22N2O3S/c1-12(2,10-13)7-5-6-8-18(16,17)9-11(15)14(3)4/h5-9H2,1-4H3. The van der Waals surface area contributed by atoms with Crippen molar-refractivity contribution in [1.29, 1.82) is 5.26 Å². The molecule has 0 aliphatic rings. The molecule has 0 rings (SSSR count). The smallest absolute Gasteiger partial charge is 0.237 e. The van der Waals surface area contributed by atoms with Crippen LogP contribution < -0.4 is 0 Å². The number of rotatable bonds is 7. The molecule has 0 saturated carbocycles. The highest BCUT2D eigenvalue weighted by Gasteiger charge is 2.19. The molecule has 18 heavy (non-hydrogen) atoms. The van der Waals surface area contributed by atoms with Crippen LogP contribution in [-0.2, 0) is 14.6 Å². The maximum atomic E-state index is 11.6. The Bertz CT molecular complexity index is 419. The fourth-order valence-corrected chi connectivity index (χ4v) is 2.76. The van der Waals surface area contributed by atoms with Crippen molar-refractivity contribution in [1.82, 2.24) is 4.90 Å². The Hall–Kier alpha value is -1.09. The summed E-state index contributed by atoms with van der Waals surface area (Å²) in [5, 5.41) is 8.81. The minimum atomic E-state index is -3.32. The van der Waals surface area contributed by atoms with Crippen LogP contribution in [0.2, 0.25) is 0 Å². The summed E-state index contributed by atoms with van der Waals surface area (Å²) in [7, 11) is -0.254. The summed E-state index contributed by atoms with van der Waals surface area (Å²) in [5.74, 6) is -0.817. The van der Waals surface area contributed by atoms with Crippen LogP contribution in [0.25, 0.3) is 0 Å². The van der Waals surface area contributed by atoms with Crippen molar-refractivity contribution in [2.45, 2.75) is 33.1 Å². The van der Waals surface area contributed by atoms with Gasteiger partial charge in [0.05, 0.1) is 17.2 Å². The lowest BCUT2D eigenvalue weighted by Gasteiger charge is -2.14. The number of sulfone groups is 1. The van der Waals surface area contributed by atoms with Gasteiger partial charge in [0.15, 0.2) is 9.84 Å². The maximum absolute atomic E-state index is 11.6. The van der Waals surface area contributed by atoms with Crippen molar-refractivity contribution in [3.05, 3.63) is 0 Å². The predicted molar refractivity (Wildman–Crippen MR) is 70.6 cm³/mol. The first-order valence-corrected chi connectivity index (χ1v) is 7.73. The number of carbonyl (C=O) groups excluding carboxylic acids is 1. The Morgan fingerprint density at radius 1 is 1.28 bits per heavy atom. The zero-order valence-electron chi connectivity index (χ0n) is 11.6. The molecule has 0 aliphatic carbocycles. The molecule has 0 saturated heterocycles. The molecule has 5 nitrogen and oxygen atoms in total. The number of nitriles is 1. The third-order valence-electron chi connectivity index (χ3n) is 2.65. The predicted octanol–water partition coefficient (Wildman–Crippen LogP) is 1.21. The summed E-state index contributed by atoms with van der Waals surface area (Å²) in [4.78, 5) is 12.6. The van der Waals surface area contributed by atoms with E-state index in [0.29, 0.717) is 19.3 Å². The Labute approximate surface area is 110 Å². The average molecular weight is 274 g/mol. The van der Waals surface area contributed by atoms with Gasteiger partial charge in [-0.05, 0) is 26.7 Å². The molecular formula is C12H22N2O3S. The molecule has 0 bridgehead atoms. The van der Waals surface area contributed by atoms with Crippen LogP contribution in [-0.4, -0.2) is 44.8 Å². The number of hydrogen-bond donors (Lipinski definition) is 0. The number of unbranched alkanes of at least 4 members (excludes halogenated alkanes) is 1. The van der Waals surface area contributed by atoms with Crippen molar-refractivity contribution in [3.63, 3.8) is 0 Å². The lowest BCUT2D eigenvalue weighted by atomic mass is 9.89. The van der Waals surface area contributed by atoms with Gasteiger partial charge in [-0.15, -0.1) is 0 Å². The van der Waals surface area contributed by atoms with Crippen molar-refractivity contribution in [3.8, 4) is 6.07 Å². The molecule has 0 fully saturated rings. The second-order valence-electron chi connectivity index (χ2n) is 5.33. The monoisotopic (exact) mass is 274 g/mol. The van der Waals surface area contributed by atoms with E-state index in [0.717, 1.165) is 0 Å². The van der Waals surface area contributed by atoms with Crippen LogP contribution in [0.5, 0.6) is 0 Å². The SMILES string of the molecule is CN(C)C(=O)CS(=O)(=O)CCCCC(C)(C)C#N. The highest BCUT2D eigenvalue weighted by atomic mass is 32.2. The number of amides is 1. The summed E-state index contributed by atoms with van der Waals surface area (Å²) in [5.41, 5.74) is -0.413. The molecule has 0 aromatic carbocycles. The Morgan fingerprint density at radius 2 is 1.83 bits per heavy atom. The quantitative estimate of drug-likeness (QED) is 0.654. The molecule has 0 atom stereocenters. The first-order chi connectivity index (χ1) is 8.09. The molecule has 0 aromatic rings. The van der Waals surface area contributed by atoms with E-state index in [2.05, 4.69) is 6.07 Å². The second kappa shape index (κ2) is 6.74. The lowest BCUT2D eigenvalue weighted by Crippen LogP contribution is -2.30. The third kappa shape index (κ3) is 7.28. The van der Waals surface area contributed by atoms with Crippen LogP contribution in [0.15, 0.2) is 0 Å². The molecule has 0 heterocycles. The van der Waals surface area contributed by atoms with Crippen LogP contribution in [0.1, 0.15) is 33.1 Å². The molecule has 0 spiro atoms. The molecule has 0 aliphatic heterocycles. The van der Waals surface area contributed by atoms with Gasteiger partial charge in [-0.3, -0.25) is 4.79 Å². The van der Waals surface area contributed by atoms with Crippen molar-refractivity contribution < 1.29 is 13.2 Å². The summed E-state index contributed by atoms with van der Waals surface area (Å²) < 4.78 is 23.3. The summed E-state index contributed by atoms with van der Waals surface area (Å²) in [6, 6.07) is 2.18. The zero-order chi connectivity index (χ0) is 14.4. The maximum Gasteiger partial charge on any atom is 0.237 e. The van der Waals surface area contributed by atoms with Crippen molar-refractivity contribution >= 4 is 15.7 Å². The minimum absolute atomic E-state index is 0.00802. The highest BCUT2D eigenvalue weighted by molar-refractivity contribution is 7.92. The molecule has 6 heteroatoms. The normalized spacial score (nSPS) is 11.9. The van der Waals surface area contributed by atoms with E-state index in [9.17, 15) is 13.2 Å². The number of hydrogen-bond acceptors (Lipinski definition) is 4. The van der Waals surface area contributed by atoms with Gasteiger partial charge in [0.2, 0.25) is 5.91 Å². The summed E-state index contributed by atoms with van der Waals surface area (Å²) in [6.45, 7) is 3.66. The number of nitrogens with zero attached hydrogens (tertiary/aromatic N) is 2. The van der Waals surface area contributed by atoms with E-state index in [4.69, 9.17) is 5.26 Å². The first-order valence-electron chi connectivity index (χ1n) is 5.91. The van der Waals surface area contributed by atoms with Crippen LogP contribution in [0, 0.1) is 16.7 Å². The average Bonchev–Trinajstić information content (AvgIpc) is 2.24. The fourth-order valence-electron chi connectivity index (χ4n) is 1.33. The van der Waals surface area contributed by atoms with E-state index < -0.39 is 26.9 Å². The van der Waals surface area contributed by atoms with E-state index in [-0.39, 0.29) is 5.75 Å². The first kappa shape index (κ1) is 16.9. The summed E-state index contributed by atoms with van der Waals surface area (Å²) in [6.07, 6.45) is 1.84. The zero-order valence-corrected chi connectivity index (χ0v) is 12.4. The van der Waals surface area contributed by atoms with E-state index in [1.54, 1.807) is 0 Å². The van der Waals surface area contributed by atoms with Gasteiger partial charge in [-0.25, -0.2) is 8.42 Å². The van der Waals surface area contributed by atoms with Crippen LogP contribution in [0.3, 0.4) is 0 Å². The van der Waals surface area contributed by atoms with Crippen molar-refractivity contribution in [2.24, 2.45) is 5.41 Å². The molecular weight excluding hydrogens is 252 g/mol. The Kier molecular flexibility index (Phi) is 6.33. The van der Waals surface area contributed by atoms with Gasteiger partial charge in [-0.2, -0.15) is 5.26 Å². The van der Waals surface area contributed by atoms with Gasteiger partial charge in [0.1, 0.15) is 5.75 Å². The Morgan fingerprint density at radius 3 is 2.28 bits per heavy atom. The molecule has 0 N–H and O–H groups in total. The topological polar surface area (TPSA) is 78.2 Å². The molecule has 0 unspecified atom stereocenters. The molecule has 0 radical (unpaired) electrons. The van der Waals surface area contributed by atoms with Crippen LogP contribution >= 0.6 is 0 Å². The Balaban J connectivity index is 4.08. The lowest BCUT2D eigenvalue weighted by molar-refractivity contribution is -0.125. The van der Waals surface area contributed by atoms with Gasteiger partial charge in [0, 0.05) is 14.1 Å². The third-order valence-corrected chi connectivity index (χ3v) is 4.25. The van der Waals surface area contributed by atoms with Gasteiger partial charge in [0.25, 0.3) is 0 Å². The van der Waals surface area contributed by atoms with Gasteiger partial charge >= 0.3 is 0 Å². The largest absolute Gasteiger partial charge is 0.348 e. The second-order valence-corrected chi connectivity index (χ2v) is 7.52. The van der Waals surface area contributed by atoms with Gasteiger partial charge in [-0.1, -0.05) is 6.42 Å². The van der Waals surface area contributed by atoms with Crippen molar-refractivity contribution in [2.75, 3.05) is 25.6 Å². The van der Waals surface area contributed by atoms with Gasteiger partial charge < -0.3 is 4.90 Å². The summed E-state index contributed by atoms with van der Waals surface area (Å²) >= 11 is 0. The molecule has 104 valence electrons.